The average molecular weight is 437 g/mol. The molecule has 0 saturated heterocycles. The number of nitro benzene ring substituents is 1. The van der Waals surface area contributed by atoms with Gasteiger partial charge in [-0.05, 0) is 37.6 Å². The lowest BCUT2D eigenvalue weighted by atomic mass is 10.3. The summed E-state index contributed by atoms with van der Waals surface area (Å²) < 4.78 is 16.0. The number of carbonyl (C=O) groups excluding carboxylic acids is 2. The van der Waals surface area contributed by atoms with Crippen LogP contribution in [0.3, 0.4) is 0 Å². The standard InChI is InChI=1S/C20H21ClN2O7/c1-2-28-17-6-3-4-7-18(17)29-11-5-8-20(25)30-13-19(24)22-14-9-10-15(21)16(12-14)23(26)27/h3-4,6-7,9-10,12H,2,5,8,11,13H2,1H3,(H,22,24). The molecule has 30 heavy (non-hydrogen) atoms. The van der Waals surface area contributed by atoms with Crippen molar-refractivity contribution in [2.75, 3.05) is 25.1 Å². The van der Waals surface area contributed by atoms with Gasteiger partial charge in [-0.3, -0.25) is 19.7 Å². The number of hydrogen-bond acceptors (Lipinski definition) is 7. The van der Waals surface area contributed by atoms with E-state index in [-0.39, 0.29) is 29.4 Å². The van der Waals surface area contributed by atoms with Gasteiger partial charge in [0, 0.05) is 18.2 Å². The highest BCUT2D eigenvalue weighted by atomic mass is 35.5. The summed E-state index contributed by atoms with van der Waals surface area (Å²) in [5, 5.41) is 13.2. The zero-order chi connectivity index (χ0) is 21.9. The summed E-state index contributed by atoms with van der Waals surface area (Å²) in [5.41, 5.74) is -0.161. The second-order valence-corrected chi connectivity index (χ2v) is 6.37. The summed E-state index contributed by atoms with van der Waals surface area (Å²) in [6.45, 7) is 2.15. The fourth-order valence-corrected chi connectivity index (χ4v) is 2.57. The van der Waals surface area contributed by atoms with Crippen molar-refractivity contribution in [2.24, 2.45) is 0 Å². The molecule has 0 aromatic heterocycles. The Bertz CT molecular complexity index is 904. The van der Waals surface area contributed by atoms with Crippen molar-refractivity contribution >= 4 is 34.9 Å². The van der Waals surface area contributed by atoms with Gasteiger partial charge in [0.05, 0.1) is 18.1 Å². The number of anilines is 1. The van der Waals surface area contributed by atoms with Crippen molar-refractivity contribution in [1.29, 1.82) is 0 Å². The van der Waals surface area contributed by atoms with Gasteiger partial charge in [-0.15, -0.1) is 0 Å². The molecule has 0 aliphatic rings. The lowest BCUT2D eigenvalue weighted by molar-refractivity contribution is -0.384. The minimum Gasteiger partial charge on any atom is -0.490 e. The number of carbonyl (C=O) groups is 2. The molecule has 0 spiro atoms. The Morgan fingerprint density at radius 3 is 2.50 bits per heavy atom. The van der Waals surface area contributed by atoms with E-state index in [2.05, 4.69) is 5.32 Å². The van der Waals surface area contributed by atoms with Crippen LogP contribution in [0.2, 0.25) is 5.02 Å². The fraction of sp³-hybridized carbons (Fsp3) is 0.300. The summed E-state index contributed by atoms with van der Waals surface area (Å²) in [6.07, 6.45) is 0.459. The fourth-order valence-electron chi connectivity index (χ4n) is 2.39. The van der Waals surface area contributed by atoms with Crippen molar-refractivity contribution in [3.8, 4) is 11.5 Å². The maximum Gasteiger partial charge on any atom is 0.306 e. The van der Waals surface area contributed by atoms with Crippen molar-refractivity contribution < 1.29 is 28.7 Å². The number of nitro groups is 1. The number of rotatable bonds is 11. The van der Waals surface area contributed by atoms with Crippen LogP contribution in [0, 0.1) is 10.1 Å². The number of para-hydroxylation sites is 2. The molecule has 0 heterocycles. The van der Waals surface area contributed by atoms with E-state index in [1.54, 1.807) is 12.1 Å². The van der Waals surface area contributed by atoms with Crippen molar-refractivity contribution in [3.63, 3.8) is 0 Å². The van der Waals surface area contributed by atoms with Crippen LogP contribution < -0.4 is 14.8 Å². The normalized spacial score (nSPS) is 10.2. The smallest absolute Gasteiger partial charge is 0.306 e. The van der Waals surface area contributed by atoms with Gasteiger partial charge >= 0.3 is 5.97 Å². The Kier molecular flexibility index (Phi) is 8.89. The zero-order valence-electron chi connectivity index (χ0n) is 16.3. The molecule has 1 N–H and O–H groups in total. The van der Waals surface area contributed by atoms with Gasteiger partial charge in [0.15, 0.2) is 18.1 Å². The van der Waals surface area contributed by atoms with Gasteiger partial charge in [0.2, 0.25) is 0 Å². The molecule has 1 amide bonds. The number of nitrogens with zero attached hydrogens (tertiary/aromatic N) is 1. The molecule has 160 valence electrons. The number of hydrogen-bond donors (Lipinski definition) is 1. The van der Waals surface area contributed by atoms with Crippen LogP contribution in [0.25, 0.3) is 0 Å². The van der Waals surface area contributed by atoms with Crippen LogP contribution >= 0.6 is 11.6 Å². The third-order valence-electron chi connectivity index (χ3n) is 3.72. The maximum absolute atomic E-state index is 11.9. The van der Waals surface area contributed by atoms with E-state index in [4.69, 9.17) is 25.8 Å². The summed E-state index contributed by atoms with van der Waals surface area (Å²) in [4.78, 5) is 33.9. The van der Waals surface area contributed by atoms with Gasteiger partial charge in [0.1, 0.15) is 5.02 Å². The number of ether oxygens (including phenoxy) is 3. The van der Waals surface area contributed by atoms with Crippen LogP contribution in [-0.4, -0.2) is 36.6 Å². The molecular formula is C20H21ClN2O7. The van der Waals surface area contributed by atoms with Crippen LogP contribution in [0.1, 0.15) is 19.8 Å². The zero-order valence-corrected chi connectivity index (χ0v) is 17.0. The first-order valence-corrected chi connectivity index (χ1v) is 9.52. The first-order valence-electron chi connectivity index (χ1n) is 9.14. The first kappa shape index (κ1) is 23.0. The van der Waals surface area contributed by atoms with E-state index in [1.165, 1.54) is 12.1 Å². The molecule has 9 nitrogen and oxygen atoms in total. The van der Waals surface area contributed by atoms with Crippen molar-refractivity contribution in [3.05, 3.63) is 57.6 Å². The third kappa shape index (κ3) is 7.25. The van der Waals surface area contributed by atoms with Crippen molar-refractivity contribution in [1.82, 2.24) is 0 Å². The minimum atomic E-state index is -0.660. The van der Waals surface area contributed by atoms with Gasteiger partial charge in [0.25, 0.3) is 11.6 Å². The Hall–Kier alpha value is -3.33. The lowest BCUT2D eigenvalue weighted by Crippen LogP contribution is -2.21. The van der Waals surface area contributed by atoms with Crippen LogP contribution in [0.4, 0.5) is 11.4 Å². The third-order valence-corrected chi connectivity index (χ3v) is 4.04. The second kappa shape index (κ2) is 11.6. The lowest BCUT2D eigenvalue weighted by Gasteiger charge is -2.11. The van der Waals surface area contributed by atoms with Gasteiger partial charge < -0.3 is 19.5 Å². The number of benzene rings is 2. The summed E-state index contributed by atoms with van der Waals surface area (Å²) >= 11 is 5.71. The Morgan fingerprint density at radius 2 is 1.83 bits per heavy atom. The van der Waals surface area contributed by atoms with Gasteiger partial charge in [-0.1, -0.05) is 23.7 Å². The molecule has 0 unspecified atom stereocenters. The number of nitrogens with one attached hydrogen (secondary N) is 1. The number of amides is 1. The molecule has 0 aliphatic carbocycles. The largest absolute Gasteiger partial charge is 0.490 e. The predicted molar refractivity (Wildman–Crippen MR) is 110 cm³/mol. The van der Waals surface area contributed by atoms with E-state index >= 15 is 0 Å². The highest BCUT2D eigenvalue weighted by Gasteiger charge is 2.14. The molecule has 0 bridgehead atoms. The number of halogens is 1. The predicted octanol–water partition coefficient (Wildman–Crippen LogP) is 3.99. The van der Waals surface area contributed by atoms with Crippen LogP contribution in [0.5, 0.6) is 11.5 Å². The van der Waals surface area contributed by atoms with E-state index in [0.29, 0.717) is 24.5 Å². The molecule has 0 fully saturated rings. The molecular weight excluding hydrogens is 416 g/mol. The summed E-state index contributed by atoms with van der Waals surface area (Å²) in [7, 11) is 0. The van der Waals surface area contributed by atoms with E-state index in [9.17, 15) is 19.7 Å². The van der Waals surface area contributed by atoms with E-state index < -0.39 is 23.4 Å². The van der Waals surface area contributed by atoms with Gasteiger partial charge in [-0.25, -0.2) is 0 Å². The first-order chi connectivity index (χ1) is 14.4. The number of esters is 1. The highest BCUT2D eigenvalue weighted by Crippen LogP contribution is 2.27. The Labute approximate surface area is 178 Å². The topological polar surface area (TPSA) is 117 Å². The summed E-state index contributed by atoms with van der Waals surface area (Å²) in [5.74, 6) is 0.0293. The highest BCUT2D eigenvalue weighted by molar-refractivity contribution is 6.32. The summed E-state index contributed by atoms with van der Waals surface area (Å²) in [6, 6.07) is 11.1. The molecule has 2 aromatic carbocycles. The van der Waals surface area contributed by atoms with E-state index in [0.717, 1.165) is 6.07 Å². The van der Waals surface area contributed by atoms with Gasteiger partial charge in [-0.2, -0.15) is 0 Å². The molecule has 0 aliphatic heterocycles. The second-order valence-electron chi connectivity index (χ2n) is 5.96. The SMILES string of the molecule is CCOc1ccccc1OCCCC(=O)OCC(=O)Nc1ccc(Cl)c([N+](=O)[O-])c1. The van der Waals surface area contributed by atoms with Crippen LogP contribution in [-0.2, 0) is 14.3 Å². The molecule has 10 heteroatoms. The molecule has 0 atom stereocenters. The molecule has 2 aromatic rings. The van der Waals surface area contributed by atoms with Crippen LogP contribution in [0.15, 0.2) is 42.5 Å². The molecule has 0 radical (unpaired) electrons. The Morgan fingerprint density at radius 1 is 1.13 bits per heavy atom. The van der Waals surface area contributed by atoms with E-state index in [1.807, 2.05) is 19.1 Å². The quantitative estimate of drug-likeness (QED) is 0.245. The maximum atomic E-state index is 11.9. The monoisotopic (exact) mass is 436 g/mol. The molecule has 2 rings (SSSR count). The van der Waals surface area contributed by atoms with Crippen molar-refractivity contribution in [2.45, 2.75) is 19.8 Å². The Balaban J connectivity index is 1.70. The average Bonchev–Trinajstić information content (AvgIpc) is 2.72. The minimum absolute atomic E-state index is 0.0458. The molecule has 0 saturated carbocycles.